The second-order valence-corrected chi connectivity index (χ2v) is 3.84. The third-order valence-corrected chi connectivity index (χ3v) is 2.33. The first-order valence-corrected chi connectivity index (χ1v) is 5.64. The average Bonchev–Trinajstić information content (AvgIpc) is 2.26. The van der Waals surface area contributed by atoms with Crippen LogP contribution in [0.5, 0.6) is 0 Å². The molecule has 0 saturated heterocycles. The Balaban J connectivity index is 2.70. The maximum Gasteiger partial charge on any atom is 0.260 e. The van der Waals surface area contributed by atoms with Gasteiger partial charge < -0.3 is 15.0 Å². The lowest BCUT2D eigenvalue weighted by atomic mass is 10.3. The number of aromatic nitrogens is 1. The van der Waals surface area contributed by atoms with Gasteiger partial charge in [0.25, 0.3) is 5.56 Å². The summed E-state index contributed by atoms with van der Waals surface area (Å²) in [5, 5.41) is 0. The second-order valence-electron chi connectivity index (χ2n) is 3.40. The van der Waals surface area contributed by atoms with Gasteiger partial charge in [-0.2, -0.15) is 0 Å². The number of thiocarbonyl (C=S) groups is 1. The molecule has 4 nitrogen and oxygen atoms in total. The Morgan fingerprint density at radius 1 is 1.56 bits per heavy atom. The number of pyridine rings is 1. The number of hydrogen-bond donors (Lipinski definition) is 1. The zero-order chi connectivity index (χ0) is 12.0. The van der Waals surface area contributed by atoms with Crippen LogP contribution < -0.4 is 11.3 Å². The molecule has 1 aromatic heterocycles. The molecule has 5 heteroatoms. The molecule has 1 rings (SSSR count). The highest BCUT2D eigenvalue weighted by atomic mass is 32.1. The van der Waals surface area contributed by atoms with E-state index in [9.17, 15) is 4.79 Å². The number of rotatable bonds is 6. The molecule has 0 unspecified atom stereocenters. The maximum absolute atomic E-state index is 11.8. The van der Waals surface area contributed by atoms with Crippen LogP contribution in [0.25, 0.3) is 0 Å². The fraction of sp³-hybridized carbons (Fsp3) is 0.455. The molecule has 0 atom stereocenters. The molecule has 1 aromatic rings. The first-order valence-electron chi connectivity index (χ1n) is 5.23. The minimum atomic E-state index is -0.157. The van der Waals surface area contributed by atoms with Gasteiger partial charge in [-0.05, 0) is 18.6 Å². The third kappa shape index (κ3) is 3.43. The van der Waals surface area contributed by atoms with Gasteiger partial charge in [-0.15, -0.1) is 0 Å². The van der Waals surface area contributed by atoms with Crippen LogP contribution in [0.2, 0.25) is 0 Å². The zero-order valence-electron chi connectivity index (χ0n) is 9.31. The standard InChI is InChI=1S/C11H16N2O2S/c1-2-7-15-8-6-13-5-3-4-9(10(12)16)11(13)14/h3-5H,2,6-8H2,1H3,(H2,12,16). The maximum atomic E-state index is 11.8. The molecule has 0 aliphatic carbocycles. The Labute approximate surface area is 100 Å². The lowest BCUT2D eigenvalue weighted by Gasteiger charge is -2.07. The van der Waals surface area contributed by atoms with E-state index in [1.807, 2.05) is 6.92 Å². The van der Waals surface area contributed by atoms with Crippen LogP contribution in [0.1, 0.15) is 18.9 Å². The predicted octanol–water partition coefficient (Wildman–Crippen LogP) is 0.909. The summed E-state index contributed by atoms with van der Waals surface area (Å²) in [5.41, 5.74) is 5.67. The van der Waals surface area contributed by atoms with Crippen molar-refractivity contribution in [2.24, 2.45) is 5.73 Å². The lowest BCUT2D eigenvalue weighted by Crippen LogP contribution is -2.29. The molecule has 0 aromatic carbocycles. The van der Waals surface area contributed by atoms with Crippen LogP contribution in [0.15, 0.2) is 23.1 Å². The number of ether oxygens (including phenoxy) is 1. The van der Waals surface area contributed by atoms with Crippen molar-refractivity contribution >= 4 is 17.2 Å². The molecule has 1 heterocycles. The van der Waals surface area contributed by atoms with Gasteiger partial charge in [-0.1, -0.05) is 19.1 Å². The van der Waals surface area contributed by atoms with Crippen molar-refractivity contribution in [3.63, 3.8) is 0 Å². The fourth-order valence-corrected chi connectivity index (χ4v) is 1.47. The highest BCUT2D eigenvalue weighted by Crippen LogP contribution is 1.92. The van der Waals surface area contributed by atoms with Crippen LogP contribution in [0.3, 0.4) is 0 Å². The van der Waals surface area contributed by atoms with E-state index in [1.54, 1.807) is 22.9 Å². The molecule has 0 amide bonds. The zero-order valence-corrected chi connectivity index (χ0v) is 10.1. The van der Waals surface area contributed by atoms with Gasteiger partial charge in [0, 0.05) is 19.3 Å². The van der Waals surface area contributed by atoms with E-state index in [2.05, 4.69) is 0 Å². The van der Waals surface area contributed by atoms with E-state index in [0.717, 1.165) is 6.42 Å². The Morgan fingerprint density at radius 3 is 2.94 bits per heavy atom. The van der Waals surface area contributed by atoms with Crippen LogP contribution in [0.4, 0.5) is 0 Å². The van der Waals surface area contributed by atoms with Crippen molar-refractivity contribution in [1.29, 1.82) is 0 Å². The van der Waals surface area contributed by atoms with E-state index < -0.39 is 0 Å². The van der Waals surface area contributed by atoms with Gasteiger partial charge in [0.15, 0.2) is 0 Å². The summed E-state index contributed by atoms with van der Waals surface area (Å²) in [6, 6.07) is 3.39. The Kier molecular flexibility index (Phi) is 5.14. The predicted molar refractivity (Wildman–Crippen MR) is 67.7 cm³/mol. The molecule has 16 heavy (non-hydrogen) atoms. The summed E-state index contributed by atoms with van der Waals surface area (Å²) >= 11 is 4.80. The van der Waals surface area contributed by atoms with E-state index in [4.69, 9.17) is 22.7 Å². The molecule has 0 fully saturated rings. The molecule has 0 aliphatic heterocycles. The van der Waals surface area contributed by atoms with E-state index in [-0.39, 0.29) is 10.5 Å². The molecule has 2 N–H and O–H groups in total. The van der Waals surface area contributed by atoms with Gasteiger partial charge in [0.2, 0.25) is 0 Å². The smallest absolute Gasteiger partial charge is 0.260 e. The SMILES string of the molecule is CCCOCCn1cccc(C(N)=S)c1=O. The average molecular weight is 240 g/mol. The highest BCUT2D eigenvalue weighted by Gasteiger charge is 2.04. The van der Waals surface area contributed by atoms with E-state index in [0.29, 0.717) is 25.3 Å². The molecular weight excluding hydrogens is 224 g/mol. The molecular formula is C11H16N2O2S. The van der Waals surface area contributed by atoms with E-state index >= 15 is 0 Å². The van der Waals surface area contributed by atoms with Crippen LogP contribution in [0, 0.1) is 0 Å². The Morgan fingerprint density at radius 2 is 2.31 bits per heavy atom. The number of nitrogens with zero attached hydrogens (tertiary/aromatic N) is 1. The van der Waals surface area contributed by atoms with Crippen molar-refractivity contribution < 1.29 is 4.74 Å². The minimum Gasteiger partial charge on any atom is -0.389 e. The van der Waals surface area contributed by atoms with Crippen LogP contribution in [-0.2, 0) is 11.3 Å². The summed E-state index contributed by atoms with van der Waals surface area (Å²) in [6.07, 6.45) is 2.68. The van der Waals surface area contributed by atoms with Crippen molar-refractivity contribution in [3.8, 4) is 0 Å². The van der Waals surface area contributed by atoms with Gasteiger partial charge in [-0.3, -0.25) is 4.79 Å². The van der Waals surface area contributed by atoms with Crippen molar-refractivity contribution in [2.75, 3.05) is 13.2 Å². The summed E-state index contributed by atoms with van der Waals surface area (Å²) in [6.45, 7) is 3.80. The fourth-order valence-electron chi connectivity index (χ4n) is 1.31. The Hall–Kier alpha value is -1.20. The van der Waals surface area contributed by atoms with Crippen molar-refractivity contribution in [3.05, 3.63) is 34.2 Å². The van der Waals surface area contributed by atoms with Crippen LogP contribution >= 0.6 is 12.2 Å². The summed E-state index contributed by atoms with van der Waals surface area (Å²) in [4.78, 5) is 11.9. The molecule has 0 aliphatic rings. The quantitative estimate of drug-likeness (QED) is 0.593. The molecule has 88 valence electrons. The monoisotopic (exact) mass is 240 g/mol. The molecule has 0 bridgehead atoms. The van der Waals surface area contributed by atoms with E-state index in [1.165, 1.54) is 0 Å². The lowest BCUT2D eigenvalue weighted by molar-refractivity contribution is 0.126. The second kappa shape index (κ2) is 6.40. The van der Waals surface area contributed by atoms with Gasteiger partial charge in [0.1, 0.15) is 4.99 Å². The summed E-state index contributed by atoms with van der Waals surface area (Å²) < 4.78 is 6.88. The van der Waals surface area contributed by atoms with Crippen molar-refractivity contribution in [2.45, 2.75) is 19.9 Å². The van der Waals surface area contributed by atoms with Crippen molar-refractivity contribution in [1.82, 2.24) is 4.57 Å². The van der Waals surface area contributed by atoms with Gasteiger partial charge in [0.05, 0.1) is 12.2 Å². The van der Waals surface area contributed by atoms with Crippen LogP contribution in [-0.4, -0.2) is 22.8 Å². The minimum absolute atomic E-state index is 0.133. The number of hydrogen-bond acceptors (Lipinski definition) is 3. The third-order valence-electron chi connectivity index (χ3n) is 2.11. The van der Waals surface area contributed by atoms with Gasteiger partial charge in [-0.25, -0.2) is 0 Å². The molecule has 0 radical (unpaired) electrons. The topological polar surface area (TPSA) is 57.2 Å². The Bertz CT molecular complexity index is 415. The first-order chi connectivity index (χ1) is 7.66. The largest absolute Gasteiger partial charge is 0.389 e. The molecule has 0 saturated carbocycles. The van der Waals surface area contributed by atoms with Gasteiger partial charge >= 0.3 is 0 Å². The summed E-state index contributed by atoms with van der Waals surface area (Å²) in [7, 11) is 0. The normalized spacial score (nSPS) is 10.3. The summed E-state index contributed by atoms with van der Waals surface area (Å²) in [5.74, 6) is 0. The molecule has 0 spiro atoms. The first kappa shape index (κ1) is 12.9. The highest BCUT2D eigenvalue weighted by molar-refractivity contribution is 7.80. The number of nitrogens with two attached hydrogens (primary N) is 1.